The van der Waals surface area contributed by atoms with E-state index in [1.54, 1.807) is 0 Å². The van der Waals surface area contributed by atoms with Crippen molar-refractivity contribution in [2.75, 3.05) is 20.2 Å². The van der Waals surface area contributed by atoms with Gasteiger partial charge >= 0.3 is 5.97 Å². The highest BCUT2D eigenvalue weighted by Gasteiger charge is 2.26. The fraction of sp³-hybridized carbons (Fsp3) is 0.611. The molecule has 1 aliphatic rings. The predicted molar refractivity (Wildman–Crippen MR) is 85.3 cm³/mol. The number of benzene rings is 1. The van der Waals surface area contributed by atoms with E-state index in [1.807, 2.05) is 0 Å². The zero-order valence-corrected chi connectivity index (χ0v) is 13.5. The monoisotopic (exact) mass is 289 g/mol. The number of likely N-dealkylation sites (tertiary alicyclic amines) is 1. The van der Waals surface area contributed by atoms with Gasteiger partial charge in [-0.1, -0.05) is 18.2 Å². The molecule has 0 aliphatic carbocycles. The van der Waals surface area contributed by atoms with Crippen molar-refractivity contribution < 1.29 is 9.53 Å². The number of carbonyl (C=O) groups is 1. The number of rotatable bonds is 6. The van der Waals surface area contributed by atoms with Gasteiger partial charge in [0.15, 0.2) is 0 Å². The summed E-state index contributed by atoms with van der Waals surface area (Å²) in [7, 11) is 1.46. The van der Waals surface area contributed by atoms with Crippen LogP contribution in [0.5, 0.6) is 0 Å². The van der Waals surface area contributed by atoms with Crippen molar-refractivity contribution in [3.63, 3.8) is 0 Å². The van der Waals surface area contributed by atoms with Gasteiger partial charge in [-0.05, 0) is 69.3 Å². The number of unbranched alkanes of at least 4 members (excludes halogenated alkanes) is 1. The maximum absolute atomic E-state index is 11.1. The lowest BCUT2D eigenvalue weighted by Gasteiger charge is -2.26. The van der Waals surface area contributed by atoms with Crippen molar-refractivity contribution >= 4 is 5.97 Å². The largest absolute Gasteiger partial charge is 0.469 e. The average Bonchev–Trinajstić information content (AvgIpc) is 2.94. The maximum atomic E-state index is 11.1. The Morgan fingerprint density at radius 2 is 2.14 bits per heavy atom. The van der Waals surface area contributed by atoms with E-state index >= 15 is 0 Å². The summed E-state index contributed by atoms with van der Waals surface area (Å²) >= 11 is 0. The van der Waals surface area contributed by atoms with Gasteiger partial charge in [0, 0.05) is 12.5 Å². The van der Waals surface area contributed by atoms with E-state index in [2.05, 4.69) is 41.7 Å². The molecule has 1 fully saturated rings. The number of aryl methyl sites for hydroxylation is 1. The van der Waals surface area contributed by atoms with Crippen LogP contribution in [0.1, 0.15) is 54.8 Å². The van der Waals surface area contributed by atoms with Crippen LogP contribution in [0.3, 0.4) is 0 Å². The smallest absolute Gasteiger partial charge is 0.305 e. The minimum Gasteiger partial charge on any atom is -0.469 e. The third-order valence-electron chi connectivity index (χ3n) is 4.67. The Labute approximate surface area is 128 Å². The number of hydrogen-bond donors (Lipinski definition) is 0. The summed E-state index contributed by atoms with van der Waals surface area (Å²) in [5, 5.41) is 0. The summed E-state index contributed by atoms with van der Waals surface area (Å²) < 4.78 is 4.69. The van der Waals surface area contributed by atoms with E-state index in [4.69, 9.17) is 0 Å². The summed E-state index contributed by atoms with van der Waals surface area (Å²) in [5.74, 6) is -0.0949. The zero-order chi connectivity index (χ0) is 15.2. The Bertz CT molecular complexity index is 484. The lowest BCUT2D eigenvalue weighted by atomic mass is 9.96. The van der Waals surface area contributed by atoms with Gasteiger partial charge in [0.2, 0.25) is 0 Å². The van der Waals surface area contributed by atoms with Crippen molar-refractivity contribution in [1.82, 2.24) is 4.90 Å². The molecule has 1 unspecified atom stereocenters. The van der Waals surface area contributed by atoms with E-state index in [0.717, 1.165) is 19.4 Å². The lowest BCUT2D eigenvalue weighted by molar-refractivity contribution is -0.140. The molecule has 0 amide bonds. The molecule has 116 valence electrons. The van der Waals surface area contributed by atoms with E-state index in [1.165, 1.54) is 43.2 Å². The molecule has 0 aromatic heterocycles. The Balaban J connectivity index is 1.91. The van der Waals surface area contributed by atoms with Crippen LogP contribution in [0, 0.1) is 13.8 Å². The van der Waals surface area contributed by atoms with E-state index in [0.29, 0.717) is 12.5 Å². The molecule has 0 spiro atoms. The highest BCUT2D eigenvalue weighted by molar-refractivity contribution is 5.68. The topological polar surface area (TPSA) is 29.5 Å². The SMILES string of the molecule is COC(=O)CCCCN1CCCC1c1cccc(C)c1C. The number of ether oxygens (including phenoxy) is 1. The van der Waals surface area contributed by atoms with E-state index in [-0.39, 0.29) is 5.97 Å². The molecule has 1 saturated heterocycles. The van der Waals surface area contributed by atoms with Gasteiger partial charge in [-0.25, -0.2) is 0 Å². The van der Waals surface area contributed by atoms with Gasteiger partial charge in [0.1, 0.15) is 0 Å². The third-order valence-corrected chi connectivity index (χ3v) is 4.67. The van der Waals surface area contributed by atoms with E-state index < -0.39 is 0 Å². The van der Waals surface area contributed by atoms with Crippen molar-refractivity contribution in [3.05, 3.63) is 34.9 Å². The number of esters is 1. The molecule has 1 aromatic rings. The lowest BCUT2D eigenvalue weighted by Crippen LogP contribution is -2.25. The molecule has 0 saturated carbocycles. The fourth-order valence-electron chi connectivity index (χ4n) is 3.27. The summed E-state index contributed by atoms with van der Waals surface area (Å²) in [5.41, 5.74) is 4.30. The second-order valence-corrected chi connectivity index (χ2v) is 6.02. The van der Waals surface area contributed by atoms with Crippen LogP contribution in [0.2, 0.25) is 0 Å². The van der Waals surface area contributed by atoms with Crippen LogP contribution in [0.4, 0.5) is 0 Å². The standard InChI is InChI=1S/C18H27NO2/c1-14-8-6-9-16(15(14)2)17-10-7-13-19(17)12-5-4-11-18(20)21-3/h6,8-9,17H,4-5,7,10-13H2,1-3H3. The molecular formula is C18H27NO2. The Kier molecular flexibility index (Phi) is 5.80. The van der Waals surface area contributed by atoms with Gasteiger partial charge in [0.05, 0.1) is 7.11 Å². The van der Waals surface area contributed by atoms with Gasteiger partial charge in [0.25, 0.3) is 0 Å². The van der Waals surface area contributed by atoms with Crippen molar-refractivity contribution in [3.8, 4) is 0 Å². The minimum atomic E-state index is -0.0949. The Morgan fingerprint density at radius 1 is 1.33 bits per heavy atom. The molecular weight excluding hydrogens is 262 g/mol. The molecule has 0 N–H and O–H groups in total. The van der Waals surface area contributed by atoms with Crippen LogP contribution < -0.4 is 0 Å². The van der Waals surface area contributed by atoms with Gasteiger partial charge in [-0.3, -0.25) is 9.69 Å². The third kappa shape index (κ3) is 4.07. The molecule has 1 heterocycles. The van der Waals surface area contributed by atoms with Crippen LogP contribution in [-0.2, 0) is 9.53 Å². The Hall–Kier alpha value is -1.35. The van der Waals surface area contributed by atoms with Crippen LogP contribution in [0.15, 0.2) is 18.2 Å². The second kappa shape index (κ2) is 7.60. The number of hydrogen-bond acceptors (Lipinski definition) is 3. The molecule has 1 aliphatic heterocycles. The number of methoxy groups -OCH3 is 1. The molecule has 1 aromatic carbocycles. The molecule has 3 nitrogen and oxygen atoms in total. The first-order chi connectivity index (χ1) is 10.1. The van der Waals surface area contributed by atoms with Gasteiger partial charge in [-0.15, -0.1) is 0 Å². The quantitative estimate of drug-likeness (QED) is 0.589. The van der Waals surface area contributed by atoms with Crippen molar-refractivity contribution in [2.24, 2.45) is 0 Å². The average molecular weight is 289 g/mol. The first-order valence-electron chi connectivity index (χ1n) is 8.00. The molecule has 0 radical (unpaired) electrons. The second-order valence-electron chi connectivity index (χ2n) is 6.02. The molecule has 2 rings (SSSR count). The normalized spacial score (nSPS) is 18.9. The summed E-state index contributed by atoms with van der Waals surface area (Å²) in [6, 6.07) is 7.20. The molecule has 21 heavy (non-hydrogen) atoms. The maximum Gasteiger partial charge on any atom is 0.305 e. The molecule has 0 bridgehead atoms. The molecule has 3 heteroatoms. The zero-order valence-electron chi connectivity index (χ0n) is 13.5. The van der Waals surface area contributed by atoms with Gasteiger partial charge < -0.3 is 4.74 Å². The molecule has 1 atom stereocenters. The summed E-state index contributed by atoms with van der Waals surface area (Å²) in [6.07, 6.45) is 5.05. The van der Waals surface area contributed by atoms with Crippen molar-refractivity contribution in [2.45, 2.75) is 52.0 Å². The van der Waals surface area contributed by atoms with Gasteiger partial charge in [-0.2, -0.15) is 0 Å². The van der Waals surface area contributed by atoms with Crippen LogP contribution in [0.25, 0.3) is 0 Å². The summed E-state index contributed by atoms with van der Waals surface area (Å²) in [6.45, 7) is 6.68. The van der Waals surface area contributed by atoms with Crippen LogP contribution >= 0.6 is 0 Å². The van der Waals surface area contributed by atoms with Crippen LogP contribution in [-0.4, -0.2) is 31.1 Å². The predicted octanol–water partition coefficient (Wildman–Crippen LogP) is 3.78. The van der Waals surface area contributed by atoms with Crippen molar-refractivity contribution in [1.29, 1.82) is 0 Å². The summed E-state index contributed by atoms with van der Waals surface area (Å²) in [4.78, 5) is 13.7. The minimum absolute atomic E-state index is 0.0949. The highest BCUT2D eigenvalue weighted by Crippen LogP contribution is 2.34. The highest BCUT2D eigenvalue weighted by atomic mass is 16.5. The fourth-order valence-corrected chi connectivity index (χ4v) is 3.27. The first kappa shape index (κ1) is 16.0. The first-order valence-corrected chi connectivity index (χ1v) is 8.00. The Morgan fingerprint density at radius 3 is 2.90 bits per heavy atom. The number of carbonyl (C=O) groups excluding carboxylic acids is 1. The van der Waals surface area contributed by atoms with E-state index in [9.17, 15) is 4.79 Å². The number of nitrogens with zero attached hydrogens (tertiary/aromatic N) is 1.